The van der Waals surface area contributed by atoms with Crippen molar-refractivity contribution in [1.82, 2.24) is 40.3 Å². The lowest BCUT2D eigenvalue weighted by Gasteiger charge is -2.32. The van der Waals surface area contributed by atoms with E-state index in [1.807, 2.05) is 84.9 Å². The SMILES string of the molecule is O=C(Nc1n[nH]c2c1C=CC(c1ccccn1)(c1ccccn1)C2)C1CC1.O=C(Nc1n[nH]c2c1C=CC(c1ccccn1)(c1ccccn1)C2)C1CCC1. The van der Waals surface area contributed by atoms with Crippen molar-refractivity contribution in [1.29, 1.82) is 0 Å². The van der Waals surface area contributed by atoms with E-state index in [-0.39, 0.29) is 23.7 Å². The first kappa shape index (κ1) is 34.2. The summed E-state index contributed by atoms with van der Waals surface area (Å²) in [6.07, 6.45) is 21.8. The highest BCUT2D eigenvalue weighted by molar-refractivity contribution is 5.95. The van der Waals surface area contributed by atoms with Crippen molar-refractivity contribution in [3.8, 4) is 0 Å². The lowest BCUT2D eigenvalue weighted by atomic mass is 9.73. The van der Waals surface area contributed by atoms with Gasteiger partial charge in [0.2, 0.25) is 11.8 Å². The number of nitrogens with one attached hydrogen (secondary N) is 4. The summed E-state index contributed by atoms with van der Waals surface area (Å²) in [6, 6.07) is 23.7. The second kappa shape index (κ2) is 14.3. The van der Waals surface area contributed by atoms with Gasteiger partial charge in [-0.2, -0.15) is 10.2 Å². The average Bonchev–Trinajstić information content (AvgIpc) is 3.91. The molecule has 0 spiro atoms. The van der Waals surface area contributed by atoms with Crippen LogP contribution in [0.3, 0.4) is 0 Å². The van der Waals surface area contributed by atoms with Crippen LogP contribution in [-0.4, -0.2) is 52.1 Å². The van der Waals surface area contributed by atoms with Crippen LogP contribution in [0.4, 0.5) is 11.6 Å². The molecule has 0 atom stereocenters. The molecule has 2 amide bonds. The van der Waals surface area contributed by atoms with Crippen molar-refractivity contribution in [3.63, 3.8) is 0 Å². The molecule has 6 aromatic heterocycles. The van der Waals surface area contributed by atoms with Gasteiger partial charge in [-0.15, -0.1) is 0 Å². The molecule has 0 aliphatic heterocycles. The number of allylic oxidation sites excluding steroid dienone is 2. The minimum Gasteiger partial charge on any atom is -0.308 e. The van der Waals surface area contributed by atoms with Gasteiger partial charge in [0, 0.05) is 72.0 Å². The van der Waals surface area contributed by atoms with Crippen molar-refractivity contribution >= 4 is 35.6 Å². The highest BCUT2D eigenvalue weighted by Crippen LogP contribution is 2.43. The van der Waals surface area contributed by atoms with E-state index < -0.39 is 10.8 Å². The molecule has 6 aromatic rings. The fourth-order valence-electron chi connectivity index (χ4n) is 7.65. The van der Waals surface area contributed by atoms with Gasteiger partial charge in [-0.3, -0.25) is 39.7 Å². The molecule has 0 aromatic carbocycles. The first-order valence-electron chi connectivity index (χ1n) is 18.8. The van der Waals surface area contributed by atoms with E-state index in [2.05, 4.69) is 63.1 Å². The van der Waals surface area contributed by atoms with Gasteiger partial charge in [0.15, 0.2) is 11.6 Å². The molecule has 0 bridgehead atoms. The third kappa shape index (κ3) is 6.53. The van der Waals surface area contributed by atoms with E-state index in [1.165, 1.54) is 0 Å². The summed E-state index contributed by atoms with van der Waals surface area (Å²) >= 11 is 0. The summed E-state index contributed by atoms with van der Waals surface area (Å²) in [5, 5.41) is 20.9. The molecule has 0 unspecified atom stereocenters. The highest BCUT2D eigenvalue weighted by Gasteiger charge is 2.41. The van der Waals surface area contributed by atoms with Crippen molar-refractivity contribution in [3.05, 3.63) is 155 Å². The Morgan fingerprint density at radius 3 is 1.24 bits per heavy atom. The molecule has 2 saturated carbocycles. The van der Waals surface area contributed by atoms with Gasteiger partial charge < -0.3 is 10.6 Å². The Kier molecular flexibility index (Phi) is 8.93. The number of carbonyl (C=O) groups excluding carboxylic acids is 2. The quantitative estimate of drug-likeness (QED) is 0.136. The lowest BCUT2D eigenvalue weighted by Crippen LogP contribution is -2.32. The topological polar surface area (TPSA) is 167 Å². The van der Waals surface area contributed by atoms with Gasteiger partial charge in [-0.05, 0) is 74.2 Å². The van der Waals surface area contributed by atoms with Crippen LogP contribution in [0, 0.1) is 11.8 Å². The Bertz CT molecular complexity index is 2280. The predicted molar refractivity (Wildman–Crippen MR) is 208 cm³/mol. The number of carbonyl (C=O) groups is 2. The highest BCUT2D eigenvalue weighted by atomic mass is 16.2. The first-order chi connectivity index (χ1) is 27.0. The zero-order valence-electron chi connectivity index (χ0n) is 30.2. The second-order valence-corrected chi connectivity index (χ2v) is 14.6. The molecule has 12 nitrogen and oxygen atoms in total. The molecule has 0 saturated heterocycles. The van der Waals surface area contributed by atoms with Crippen LogP contribution in [0.5, 0.6) is 0 Å². The number of aromatic nitrogens is 8. The number of anilines is 2. The van der Waals surface area contributed by atoms with E-state index in [0.29, 0.717) is 24.5 Å². The molecular formula is C43H40N10O2. The first-order valence-corrected chi connectivity index (χ1v) is 18.8. The largest absolute Gasteiger partial charge is 0.308 e. The van der Waals surface area contributed by atoms with Gasteiger partial charge in [0.25, 0.3) is 0 Å². The molecule has 12 heteroatoms. The van der Waals surface area contributed by atoms with Gasteiger partial charge in [-0.25, -0.2) is 0 Å². The normalized spacial score (nSPS) is 17.5. The Hall–Kier alpha value is -6.56. The molecule has 0 radical (unpaired) electrons. The number of rotatable bonds is 8. The van der Waals surface area contributed by atoms with E-state index >= 15 is 0 Å². The second-order valence-electron chi connectivity index (χ2n) is 14.6. The lowest BCUT2D eigenvalue weighted by molar-refractivity contribution is -0.122. The average molecular weight is 729 g/mol. The molecule has 4 aliphatic carbocycles. The number of hydrogen-bond donors (Lipinski definition) is 4. The minimum absolute atomic E-state index is 0.0592. The third-order valence-corrected chi connectivity index (χ3v) is 11.1. The van der Waals surface area contributed by atoms with Crippen LogP contribution < -0.4 is 10.6 Å². The van der Waals surface area contributed by atoms with Crippen LogP contribution >= 0.6 is 0 Å². The van der Waals surface area contributed by atoms with Gasteiger partial charge in [0.1, 0.15) is 0 Å². The van der Waals surface area contributed by atoms with E-state index in [4.69, 9.17) is 0 Å². The van der Waals surface area contributed by atoms with Crippen molar-refractivity contribution in [2.75, 3.05) is 10.6 Å². The van der Waals surface area contributed by atoms with Crippen molar-refractivity contribution in [2.45, 2.75) is 55.8 Å². The Labute approximate surface area is 318 Å². The molecular weight excluding hydrogens is 689 g/mol. The van der Waals surface area contributed by atoms with Crippen molar-refractivity contribution in [2.24, 2.45) is 11.8 Å². The number of fused-ring (bicyclic) bond motifs is 2. The number of amides is 2. The maximum Gasteiger partial charge on any atom is 0.228 e. The molecule has 274 valence electrons. The van der Waals surface area contributed by atoms with Gasteiger partial charge >= 0.3 is 0 Å². The molecule has 4 aliphatic rings. The molecule has 55 heavy (non-hydrogen) atoms. The molecule has 10 rings (SSSR count). The van der Waals surface area contributed by atoms with E-state index in [1.54, 1.807) is 24.8 Å². The number of aromatic amines is 2. The Morgan fingerprint density at radius 2 is 0.927 bits per heavy atom. The number of pyridine rings is 4. The molecule has 6 heterocycles. The number of nitrogens with zero attached hydrogens (tertiary/aromatic N) is 6. The summed E-state index contributed by atoms with van der Waals surface area (Å²) in [7, 11) is 0. The standard InChI is InChI=1S/C22H21N5O.C21H19N5O/c28-21(15-6-5-7-15)25-20-16-10-11-22(14-17(16)26-27-20,18-8-1-3-12-23-18)19-9-2-4-13-24-19;27-20(14-7-8-14)24-19-15-9-10-21(13-16(15)25-26-19,17-5-1-3-11-22-17)18-6-2-4-12-23-18/h1-4,8-13,15H,5-7,14H2,(H2,25,26,27,28);1-6,9-12,14H,7-8,13H2,(H2,24,25,26,27). The summed E-state index contributed by atoms with van der Waals surface area (Å²) in [5.41, 5.74) is 6.62. The van der Waals surface area contributed by atoms with Gasteiger partial charge in [0.05, 0.1) is 33.6 Å². The van der Waals surface area contributed by atoms with Crippen LogP contribution in [0.1, 0.15) is 77.4 Å². The minimum atomic E-state index is -0.475. The summed E-state index contributed by atoms with van der Waals surface area (Å²) in [4.78, 5) is 42.9. The summed E-state index contributed by atoms with van der Waals surface area (Å²) in [5.74, 6) is 1.61. The van der Waals surface area contributed by atoms with Crippen LogP contribution in [0.25, 0.3) is 12.2 Å². The monoisotopic (exact) mass is 728 g/mol. The number of H-pyrrole nitrogens is 2. The summed E-state index contributed by atoms with van der Waals surface area (Å²) < 4.78 is 0. The predicted octanol–water partition coefficient (Wildman–Crippen LogP) is 6.60. The maximum atomic E-state index is 12.3. The number of hydrogen-bond acceptors (Lipinski definition) is 8. The zero-order chi connectivity index (χ0) is 37.2. The summed E-state index contributed by atoms with van der Waals surface area (Å²) in [6.45, 7) is 0. The van der Waals surface area contributed by atoms with E-state index in [9.17, 15) is 9.59 Å². The van der Waals surface area contributed by atoms with E-state index in [0.717, 1.165) is 77.4 Å². The Morgan fingerprint density at radius 1 is 0.545 bits per heavy atom. The molecule has 2 fully saturated rings. The van der Waals surface area contributed by atoms with Crippen LogP contribution in [0.15, 0.2) is 110 Å². The smallest absolute Gasteiger partial charge is 0.228 e. The van der Waals surface area contributed by atoms with Crippen LogP contribution in [-0.2, 0) is 33.3 Å². The molecule has 4 N–H and O–H groups in total. The van der Waals surface area contributed by atoms with Crippen molar-refractivity contribution < 1.29 is 9.59 Å². The fourth-order valence-corrected chi connectivity index (χ4v) is 7.65. The fraction of sp³-hybridized carbons (Fsp3) is 0.256. The third-order valence-electron chi connectivity index (χ3n) is 11.1. The van der Waals surface area contributed by atoms with Crippen LogP contribution in [0.2, 0.25) is 0 Å². The maximum absolute atomic E-state index is 12.3. The van der Waals surface area contributed by atoms with Gasteiger partial charge in [-0.1, -0.05) is 55.0 Å². The Balaban J connectivity index is 0.000000144. The zero-order valence-corrected chi connectivity index (χ0v) is 30.2.